The lowest BCUT2D eigenvalue weighted by atomic mass is 9.96. The van der Waals surface area contributed by atoms with Gasteiger partial charge in [0.2, 0.25) is 0 Å². The Labute approximate surface area is 176 Å². The predicted molar refractivity (Wildman–Crippen MR) is 119 cm³/mol. The molecular formula is C24H24N4O2. The largest absolute Gasteiger partial charge is 0.294 e. The minimum absolute atomic E-state index is 0.0809. The van der Waals surface area contributed by atoms with E-state index in [4.69, 9.17) is 0 Å². The fourth-order valence-electron chi connectivity index (χ4n) is 3.84. The Balaban J connectivity index is 1.45. The van der Waals surface area contributed by atoms with Crippen molar-refractivity contribution in [3.8, 4) is 0 Å². The maximum absolute atomic E-state index is 10.9. The van der Waals surface area contributed by atoms with Gasteiger partial charge in [0.15, 0.2) is 0 Å². The van der Waals surface area contributed by atoms with Gasteiger partial charge in [0.25, 0.3) is 5.69 Å². The number of hydrazone groups is 1. The number of rotatable bonds is 6. The number of nitro groups is 1. The number of hydrogen-bond donors (Lipinski definition) is 0. The maximum atomic E-state index is 10.9. The molecule has 30 heavy (non-hydrogen) atoms. The molecule has 1 aliphatic rings. The van der Waals surface area contributed by atoms with Crippen molar-refractivity contribution < 1.29 is 4.92 Å². The molecule has 1 heterocycles. The van der Waals surface area contributed by atoms with E-state index in [1.54, 1.807) is 18.3 Å². The Morgan fingerprint density at radius 1 is 0.833 bits per heavy atom. The average Bonchev–Trinajstić information content (AvgIpc) is 2.80. The Morgan fingerprint density at radius 3 is 2.00 bits per heavy atom. The first kappa shape index (κ1) is 19.8. The van der Waals surface area contributed by atoms with Gasteiger partial charge in [0.1, 0.15) is 0 Å². The van der Waals surface area contributed by atoms with Crippen LogP contribution in [0, 0.1) is 10.1 Å². The quantitative estimate of drug-likeness (QED) is 0.351. The van der Waals surface area contributed by atoms with Crippen molar-refractivity contribution in [1.82, 2.24) is 9.91 Å². The zero-order valence-corrected chi connectivity index (χ0v) is 16.7. The molecule has 0 aliphatic carbocycles. The van der Waals surface area contributed by atoms with Gasteiger partial charge in [-0.2, -0.15) is 5.10 Å². The van der Waals surface area contributed by atoms with Crippen molar-refractivity contribution in [1.29, 1.82) is 0 Å². The van der Waals surface area contributed by atoms with Crippen molar-refractivity contribution in [2.75, 3.05) is 26.2 Å². The molecule has 0 spiro atoms. The van der Waals surface area contributed by atoms with E-state index in [9.17, 15) is 10.1 Å². The number of nitrogens with zero attached hydrogens (tertiary/aromatic N) is 4. The van der Waals surface area contributed by atoms with Gasteiger partial charge in [-0.15, -0.1) is 0 Å². The molecule has 1 aliphatic heterocycles. The molecule has 0 unspecified atom stereocenters. The van der Waals surface area contributed by atoms with Gasteiger partial charge in [-0.1, -0.05) is 72.8 Å². The number of piperazine rings is 1. The highest BCUT2D eigenvalue weighted by Crippen LogP contribution is 2.29. The molecule has 0 aromatic heterocycles. The fourth-order valence-corrected chi connectivity index (χ4v) is 3.84. The lowest BCUT2D eigenvalue weighted by molar-refractivity contribution is -0.384. The minimum atomic E-state index is -0.386. The summed E-state index contributed by atoms with van der Waals surface area (Å²) in [5.74, 6) is 0. The van der Waals surface area contributed by atoms with Crippen LogP contribution in [0.4, 0.5) is 5.69 Å². The zero-order valence-electron chi connectivity index (χ0n) is 16.7. The molecular weight excluding hydrogens is 376 g/mol. The van der Waals surface area contributed by atoms with Crippen LogP contribution in [0.25, 0.3) is 0 Å². The van der Waals surface area contributed by atoms with Gasteiger partial charge < -0.3 is 0 Å². The van der Waals surface area contributed by atoms with Gasteiger partial charge in [-0.3, -0.25) is 20.0 Å². The van der Waals surface area contributed by atoms with Gasteiger partial charge in [0.05, 0.1) is 17.2 Å². The molecule has 1 saturated heterocycles. The van der Waals surface area contributed by atoms with Crippen molar-refractivity contribution >= 4 is 11.9 Å². The summed E-state index contributed by atoms with van der Waals surface area (Å²) in [7, 11) is 0. The minimum Gasteiger partial charge on any atom is -0.294 e. The fraction of sp³-hybridized carbons (Fsp3) is 0.208. The summed E-state index contributed by atoms with van der Waals surface area (Å²) in [6.07, 6.45) is 1.70. The van der Waals surface area contributed by atoms with E-state index < -0.39 is 0 Å². The van der Waals surface area contributed by atoms with E-state index in [0.717, 1.165) is 31.7 Å². The van der Waals surface area contributed by atoms with E-state index in [0.29, 0.717) is 0 Å². The third kappa shape index (κ3) is 4.72. The molecule has 0 N–H and O–H groups in total. The molecule has 0 atom stereocenters. The van der Waals surface area contributed by atoms with Crippen molar-refractivity contribution in [2.24, 2.45) is 5.10 Å². The first-order valence-electron chi connectivity index (χ1n) is 10.1. The second-order valence-electron chi connectivity index (χ2n) is 7.31. The predicted octanol–water partition coefficient (Wildman–Crippen LogP) is 4.34. The van der Waals surface area contributed by atoms with Crippen LogP contribution < -0.4 is 0 Å². The van der Waals surface area contributed by atoms with Crippen LogP contribution in [-0.2, 0) is 0 Å². The Hall–Kier alpha value is -3.51. The first-order valence-corrected chi connectivity index (χ1v) is 10.1. The van der Waals surface area contributed by atoms with Crippen molar-refractivity contribution in [3.63, 3.8) is 0 Å². The van der Waals surface area contributed by atoms with E-state index in [-0.39, 0.29) is 16.7 Å². The SMILES string of the molecule is O=[N+]([O-])c1cccc(/C=N/N2CCN(C(c3ccccc3)c3ccccc3)CC2)c1. The summed E-state index contributed by atoms with van der Waals surface area (Å²) >= 11 is 0. The maximum Gasteiger partial charge on any atom is 0.270 e. The third-order valence-electron chi connectivity index (χ3n) is 5.34. The van der Waals surface area contributed by atoms with Crippen LogP contribution in [0.5, 0.6) is 0 Å². The first-order chi connectivity index (χ1) is 14.7. The van der Waals surface area contributed by atoms with Gasteiger partial charge in [-0.25, -0.2) is 0 Å². The molecule has 6 heteroatoms. The molecule has 1 fully saturated rings. The zero-order chi connectivity index (χ0) is 20.8. The molecule has 3 aromatic rings. The van der Waals surface area contributed by atoms with Crippen molar-refractivity contribution in [2.45, 2.75) is 6.04 Å². The molecule has 0 amide bonds. The Morgan fingerprint density at radius 2 is 1.43 bits per heavy atom. The summed E-state index contributed by atoms with van der Waals surface area (Å²) in [5.41, 5.74) is 3.39. The summed E-state index contributed by atoms with van der Waals surface area (Å²) in [6.45, 7) is 3.39. The highest BCUT2D eigenvalue weighted by atomic mass is 16.6. The molecule has 152 valence electrons. The van der Waals surface area contributed by atoms with Crippen LogP contribution in [0.1, 0.15) is 22.7 Å². The van der Waals surface area contributed by atoms with Crippen LogP contribution in [-0.4, -0.2) is 47.2 Å². The summed E-state index contributed by atoms with van der Waals surface area (Å²) in [5, 5.41) is 17.5. The lowest BCUT2D eigenvalue weighted by Gasteiger charge is -2.38. The van der Waals surface area contributed by atoms with E-state index in [2.05, 4.69) is 58.5 Å². The molecule has 0 radical (unpaired) electrons. The third-order valence-corrected chi connectivity index (χ3v) is 5.34. The number of nitro benzene ring substituents is 1. The molecule has 6 nitrogen and oxygen atoms in total. The topological polar surface area (TPSA) is 62.0 Å². The summed E-state index contributed by atoms with van der Waals surface area (Å²) < 4.78 is 0. The van der Waals surface area contributed by atoms with Gasteiger partial charge in [-0.05, 0) is 11.1 Å². The van der Waals surface area contributed by atoms with E-state index in [1.165, 1.54) is 17.2 Å². The Kier molecular flexibility index (Phi) is 6.15. The second kappa shape index (κ2) is 9.33. The summed E-state index contributed by atoms with van der Waals surface area (Å²) in [6, 6.07) is 27.9. The normalized spacial score (nSPS) is 15.0. The van der Waals surface area contributed by atoms with Crippen LogP contribution in [0.15, 0.2) is 90.0 Å². The van der Waals surface area contributed by atoms with Crippen molar-refractivity contribution in [3.05, 3.63) is 112 Å². The van der Waals surface area contributed by atoms with Gasteiger partial charge in [0, 0.05) is 43.9 Å². The summed E-state index contributed by atoms with van der Waals surface area (Å²) in [4.78, 5) is 13.0. The van der Waals surface area contributed by atoms with Crippen LogP contribution in [0.3, 0.4) is 0 Å². The number of hydrogen-bond acceptors (Lipinski definition) is 5. The lowest BCUT2D eigenvalue weighted by Crippen LogP contribution is -2.45. The van der Waals surface area contributed by atoms with Gasteiger partial charge >= 0.3 is 0 Å². The van der Waals surface area contributed by atoms with E-state index >= 15 is 0 Å². The highest BCUT2D eigenvalue weighted by molar-refractivity contribution is 5.80. The smallest absolute Gasteiger partial charge is 0.270 e. The molecule has 0 saturated carbocycles. The Bertz CT molecular complexity index is 960. The van der Waals surface area contributed by atoms with E-state index in [1.807, 2.05) is 23.2 Å². The van der Waals surface area contributed by atoms with Crippen LogP contribution in [0.2, 0.25) is 0 Å². The standard InChI is InChI=1S/C24H24N4O2/c29-28(30)23-13-7-8-20(18-23)19-25-27-16-14-26(15-17-27)24(21-9-3-1-4-10-21)22-11-5-2-6-12-22/h1-13,18-19,24H,14-17H2/b25-19+. The number of non-ortho nitro benzene ring substituents is 1. The molecule has 0 bridgehead atoms. The van der Waals surface area contributed by atoms with Crippen LogP contribution >= 0.6 is 0 Å². The molecule has 3 aromatic carbocycles. The molecule has 4 rings (SSSR count). The highest BCUT2D eigenvalue weighted by Gasteiger charge is 2.25. The monoisotopic (exact) mass is 400 g/mol. The average molecular weight is 400 g/mol. The second-order valence-corrected chi connectivity index (χ2v) is 7.31. The number of benzene rings is 3.